The van der Waals surface area contributed by atoms with Gasteiger partial charge in [-0.3, -0.25) is 4.79 Å². The van der Waals surface area contributed by atoms with E-state index in [4.69, 9.17) is 4.74 Å². The minimum Gasteiger partial charge on any atom is -0.481 e. The summed E-state index contributed by atoms with van der Waals surface area (Å²) in [5, 5.41) is 7.20. The van der Waals surface area contributed by atoms with Gasteiger partial charge >= 0.3 is 0 Å². The molecule has 1 aliphatic carbocycles. The van der Waals surface area contributed by atoms with Gasteiger partial charge in [0.2, 0.25) is 5.88 Å². The van der Waals surface area contributed by atoms with E-state index in [0.717, 1.165) is 30.5 Å². The molecule has 2 aromatic heterocycles. The molecule has 0 atom stereocenters. The highest BCUT2D eigenvalue weighted by atomic mass is 19.1. The zero-order chi connectivity index (χ0) is 18.1. The number of carbonyl (C=O) groups is 1. The lowest BCUT2D eigenvalue weighted by atomic mass is 10.2. The van der Waals surface area contributed by atoms with E-state index in [-0.39, 0.29) is 11.7 Å². The van der Waals surface area contributed by atoms with Gasteiger partial charge in [-0.05, 0) is 37.5 Å². The number of rotatable bonds is 4. The Hall–Kier alpha value is -3.22. The summed E-state index contributed by atoms with van der Waals surface area (Å²) in [7, 11) is 1.53. The fourth-order valence-corrected chi connectivity index (χ4v) is 3.21. The first-order valence-corrected chi connectivity index (χ1v) is 8.34. The van der Waals surface area contributed by atoms with Gasteiger partial charge in [0.15, 0.2) is 5.69 Å². The van der Waals surface area contributed by atoms with E-state index in [1.165, 1.54) is 19.4 Å². The lowest BCUT2D eigenvalue weighted by Crippen LogP contribution is -2.15. The zero-order valence-electron chi connectivity index (χ0n) is 14.2. The van der Waals surface area contributed by atoms with Crippen LogP contribution in [-0.4, -0.2) is 27.8 Å². The summed E-state index contributed by atoms with van der Waals surface area (Å²) in [6.07, 6.45) is 3.97. The summed E-state index contributed by atoms with van der Waals surface area (Å²) >= 11 is 0. The minimum absolute atomic E-state index is 0.329. The maximum absolute atomic E-state index is 14.2. The second kappa shape index (κ2) is 6.59. The average Bonchev–Trinajstić information content (AvgIpc) is 3.25. The summed E-state index contributed by atoms with van der Waals surface area (Å²) in [6, 6.07) is 9.81. The second-order valence-electron chi connectivity index (χ2n) is 6.03. The summed E-state index contributed by atoms with van der Waals surface area (Å²) in [4.78, 5) is 16.8. The van der Waals surface area contributed by atoms with Crippen molar-refractivity contribution < 1.29 is 13.9 Å². The lowest BCUT2D eigenvalue weighted by Gasteiger charge is -2.06. The van der Waals surface area contributed by atoms with E-state index < -0.39 is 0 Å². The molecule has 132 valence electrons. The van der Waals surface area contributed by atoms with Crippen molar-refractivity contribution in [3.63, 3.8) is 0 Å². The monoisotopic (exact) mass is 352 g/mol. The Labute approximate surface area is 149 Å². The van der Waals surface area contributed by atoms with E-state index in [1.807, 2.05) is 0 Å². The molecule has 7 heteroatoms. The fourth-order valence-electron chi connectivity index (χ4n) is 3.21. The van der Waals surface area contributed by atoms with Crippen LogP contribution in [-0.2, 0) is 12.8 Å². The van der Waals surface area contributed by atoms with Gasteiger partial charge in [-0.25, -0.2) is 14.1 Å². The molecule has 26 heavy (non-hydrogen) atoms. The number of hydrogen-bond donors (Lipinski definition) is 1. The van der Waals surface area contributed by atoms with Crippen molar-refractivity contribution in [2.45, 2.75) is 19.3 Å². The number of nitrogens with zero attached hydrogens (tertiary/aromatic N) is 3. The maximum Gasteiger partial charge on any atom is 0.276 e. The number of halogens is 1. The molecule has 0 fully saturated rings. The van der Waals surface area contributed by atoms with E-state index in [1.54, 1.807) is 35.0 Å². The van der Waals surface area contributed by atoms with E-state index >= 15 is 0 Å². The predicted molar refractivity (Wildman–Crippen MR) is 94.3 cm³/mol. The molecule has 0 saturated carbocycles. The van der Waals surface area contributed by atoms with Crippen LogP contribution < -0.4 is 10.1 Å². The molecule has 0 aliphatic heterocycles. The fraction of sp³-hybridized carbons (Fsp3) is 0.211. The van der Waals surface area contributed by atoms with Crippen molar-refractivity contribution in [2.75, 3.05) is 12.4 Å². The SMILES string of the molecule is COc1ccc(NC(=O)c2nn(-c3ccccc3F)c3c2CCC3)cn1. The molecule has 2 heterocycles. The summed E-state index contributed by atoms with van der Waals surface area (Å²) in [6.45, 7) is 0. The molecule has 0 saturated heterocycles. The summed E-state index contributed by atoms with van der Waals surface area (Å²) < 4.78 is 20.8. The molecule has 0 bridgehead atoms. The first-order valence-electron chi connectivity index (χ1n) is 8.34. The average molecular weight is 352 g/mol. The maximum atomic E-state index is 14.2. The molecule has 0 unspecified atom stereocenters. The molecule has 1 aliphatic rings. The molecule has 0 spiro atoms. The van der Waals surface area contributed by atoms with Crippen LogP contribution in [0, 0.1) is 5.82 Å². The smallest absolute Gasteiger partial charge is 0.276 e. The van der Waals surface area contributed by atoms with E-state index in [2.05, 4.69) is 15.4 Å². The zero-order valence-corrected chi connectivity index (χ0v) is 14.2. The Kier molecular flexibility index (Phi) is 4.12. The Bertz CT molecular complexity index is 966. The van der Waals surface area contributed by atoms with Crippen molar-refractivity contribution in [3.8, 4) is 11.6 Å². The van der Waals surface area contributed by atoms with Crippen molar-refractivity contribution in [1.82, 2.24) is 14.8 Å². The Morgan fingerprint density at radius 1 is 1.23 bits per heavy atom. The van der Waals surface area contributed by atoms with Gasteiger partial charge in [0.1, 0.15) is 11.5 Å². The van der Waals surface area contributed by atoms with Crippen LogP contribution in [0.4, 0.5) is 10.1 Å². The summed E-state index contributed by atoms with van der Waals surface area (Å²) in [5.41, 5.74) is 3.01. The lowest BCUT2D eigenvalue weighted by molar-refractivity contribution is 0.102. The standard InChI is InChI=1S/C19H17FN4O2/c1-26-17-10-9-12(11-21-17)22-19(25)18-13-5-4-8-15(13)24(23-18)16-7-3-2-6-14(16)20/h2-3,6-7,9-11H,4-5,8H2,1H3,(H,22,25). The molecule has 1 aromatic carbocycles. The molecule has 1 amide bonds. The van der Waals surface area contributed by atoms with Crippen LogP contribution >= 0.6 is 0 Å². The number of amides is 1. The quantitative estimate of drug-likeness (QED) is 0.783. The Morgan fingerprint density at radius 3 is 2.81 bits per heavy atom. The number of anilines is 1. The van der Waals surface area contributed by atoms with Gasteiger partial charge in [0, 0.05) is 17.3 Å². The number of methoxy groups -OCH3 is 1. The predicted octanol–water partition coefficient (Wildman–Crippen LogP) is 3.16. The van der Waals surface area contributed by atoms with Crippen LogP contribution in [0.25, 0.3) is 5.69 Å². The molecular weight excluding hydrogens is 335 g/mol. The largest absolute Gasteiger partial charge is 0.481 e. The number of pyridine rings is 1. The highest BCUT2D eigenvalue weighted by molar-refractivity contribution is 6.04. The first kappa shape index (κ1) is 16.3. The van der Waals surface area contributed by atoms with Gasteiger partial charge in [0.05, 0.1) is 19.0 Å². The molecule has 0 radical (unpaired) electrons. The van der Waals surface area contributed by atoms with Gasteiger partial charge in [-0.15, -0.1) is 0 Å². The number of carbonyl (C=O) groups excluding carboxylic acids is 1. The Morgan fingerprint density at radius 2 is 2.08 bits per heavy atom. The Balaban J connectivity index is 1.67. The van der Waals surface area contributed by atoms with Crippen LogP contribution in [0.2, 0.25) is 0 Å². The molecule has 3 aromatic rings. The van der Waals surface area contributed by atoms with Gasteiger partial charge < -0.3 is 10.1 Å². The van der Waals surface area contributed by atoms with Crippen molar-refractivity contribution in [1.29, 1.82) is 0 Å². The number of nitrogens with one attached hydrogen (secondary N) is 1. The van der Waals surface area contributed by atoms with Crippen LogP contribution in [0.3, 0.4) is 0 Å². The number of ether oxygens (including phenoxy) is 1. The molecular formula is C19H17FN4O2. The van der Waals surface area contributed by atoms with Gasteiger partial charge in [0.25, 0.3) is 5.91 Å². The number of para-hydroxylation sites is 1. The third kappa shape index (κ3) is 2.81. The molecule has 1 N–H and O–H groups in total. The highest BCUT2D eigenvalue weighted by Gasteiger charge is 2.27. The van der Waals surface area contributed by atoms with Crippen LogP contribution in [0.15, 0.2) is 42.6 Å². The van der Waals surface area contributed by atoms with Crippen LogP contribution in [0.5, 0.6) is 5.88 Å². The second-order valence-corrected chi connectivity index (χ2v) is 6.03. The number of aromatic nitrogens is 3. The highest BCUT2D eigenvalue weighted by Crippen LogP contribution is 2.29. The van der Waals surface area contributed by atoms with Crippen LogP contribution in [0.1, 0.15) is 28.2 Å². The third-order valence-corrected chi connectivity index (χ3v) is 4.43. The number of hydrogen-bond acceptors (Lipinski definition) is 4. The van der Waals surface area contributed by atoms with Crippen molar-refractivity contribution in [3.05, 3.63) is 65.4 Å². The topological polar surface area (TPSA) is 69.0 Å². The number of fused-ring (bicyclic) bond motifs is 1. The normalized spacial score (nSPS) is 12.7. The summed E-state index contributed by atoms with van der Waals surface area (Å²) in [5.74, 6) is -0.228. The molecule has 4 rings (SSSR count). The number of benzene rings is 1. The minimum atomic E-state index is -0.365. The van der Waals surface area contributed by atoms with Crippen molar-refractivity contribution in [2.24, 2.45) is 0 Å². The van der Waals surface area contributed by atoms with E-state index in [9.17, 15) is 9.18 Å². The molecule has 6 nitrogen and oxygen atoms in total. The van der Waals surface area contributed by atoms with Gasteiger partial charge in [-0.1, -0.05) is 12.1 Å². The van der Waals surface area contributed by atoms with E-state index in [0.29, 0.717) is 22.9 Å². The third-order valence-electron chi connectivity index (χ3n) is 4.43. The first-order chi connectivity index (χ1) is 12.7. The van der Waals surface area contributed by atoms with Gasteiger partial charge in [-0.2, -0.15) is 5.10 Å². The van der Waals surface area contributed by atoms with Crippen molar-refractivity contribution >= 4 is 11.6 Å².